The van der Waals surface area contributed by atoms with Gasteiger partial charge in [-0.15, -0.1) is 0 Å². The number of aliphatic hydroxyl groups is 1. The van der Waals surface area contributed by atoms with E-state index in [9.17, 15) is 0 Å². The van der Waals surface area contributed by atoms with E-state index in [1.165, 1.54) is 0 Å². The van der Waals surface area contributed by atoms with Crippen molar-refractivity contribution in [1.82, 2.24) is 4.90 Å². The molecule has 5 heteroatoms. The van der Waals surface area contributed by atoms with E-state index in [2.05, 4.69) is 11.8 Å². The zero-order chi connectivity index (χ0) is 13.5. The first kappa shape index (κ1) is 15.4. The molecule has 100 valence electrons. The molecule has 0 heterocycles. The Morgan fingerprint density at radius 1 is 1.44 bits per heavy atom. The van der Waals surface area contributed by atoms with E-state index in [-0.39, 0.29) is 6.61 Å². The summed E-state index contributed by atoms with van der Waals surface area (Å²) >= 11 is 11.1. The summed E-state index contributed by atoms with van der Waals surface area (Å²) in [5.74, 6) is 0. The Hall–Kier alpha value is -0.680. The minimum atomic E-state index is 0.155. The van der Waals surface area contributed by atoms with E-state index in [0.717, 1.165) is 30.6 Å². The predicted molar refractivity (Wildman–Crippen MR) is 80.0 cm³/mol. The van der Waals surface area contributed by atoms with Crippen molar-refractivity contribution < 1.29 is 5.11 Å². The number of thiocarbonyl (C=S) groups is 1. The van der Waals surface area contributed by atoms with Crippen LogP contribution in [0.1, 0.15) is 24.5 Å². The molecule has 0 unspecified atom stereocenters. The van der Waals surface area contributed by atoms with Crippen molar-refractivity contribution in [2.24, 2.45) is 5.73 Å². The molecule has 0 saturated carbocycles. The first-order valence-electron chi connectivity index (χ1n) is 6.00. The predicted octanol–water partition coefficient (Wildman–Crippen LogP) is 2.18. The Labute approximate surface area is 119 Å². The number of hydrogen-bond donors (Lipinski definition) is 2. The average Bonchev–Trinajstić information content (AvgIpc) is 2.32. The number of halogens is 1. The molecule has 18 heavy (non-hydrogen) atoms. The topological polar surface area (TPSA) is 49.5 Å². The van der Waals surface area contributed by atoms with E-state index < -0.39 is 0 Å². The smallest absolute Gasteiger partial charge is 0.104 e. The molecule has 0 atom stereocenters. The fraction of sp³-hybridized carbons (Fsp3) is 0.462. The second-order valence-corrected chi connectivity index (χ2v) is 5.02. The maximum absolute atomic E-state index is 9.02. The van der Waals surface area contributed by atoms with Crippen LogP contribution in [0.2, 0.25) is 5.02 Å². The van der Waals surface area contributed by atoms with Gasteiger partial charge in [0.25, 0.3) is 0 Å². The van der Waals surface area contributed by atoms with Crippen molar-refractivity contribution in [2.75, 3.05) is 19.7 Å². The number of aliphatic hydroxyl groups excluding tert-OH is 1. The molecule has 3 N–H and O–H groups in total. The van der Waals surface area contributed by atoms with Gasteiger partial charge < -0.3 is 10.8 Å². The van der Waals surface area contributed by atoms with Gasteiger partial charge in [-0.1, -0.05) is 42.9 Å². The van der Waals surface area contributed by atoms with Gasteiger partial charge in [0.05, 0.1) is 6.61 Å². The van der Waals surface area contributed by atoms with Crippen molar-refractivity contribution in [3.63, 3.8) is 0 Å². The van der Waals surface area contributed by atoms with Crippen LogP contribution < -0.4 is 5.73 Å². The Bertz CT molecular complexity index is 406. The van der Waals surface area contributed by atoms with Crippen LogP contribution in [0.4, 0.5) is 0 Å². The highest BCUT2D eigenvalue weighted by Gasteiger charge is 2.08. The van der Waals surface area contributed by atoms with E-state index in [4.69, 9.17) is 34.7 Å². The summed E-state index contributed by atoms with van der Waals surface area (Å²) < 4.78 is 0. The van der Waals surface area contributed by atoms with E-state index in [0.29, 0.717) is 16.6 Å². The van der Waals surface area contributed by atoms with Gasteiger partial charge in [0.15, 0.2) is 0 Å². The van der Waals surface area contributed by atoms with Crippen LogP contribution in [0, 0.1) is 0 Å². The molecule has 0 spiro atoms. The quantitative estimate of drug-likeness (QED) is 0.755. The van der Waals surface area contributed by atoms with Crippen LogP contribution in [-0.2, 0) is 6.54 Å². The largest absolute Gasteiger partial charge is 0.395 e. The van der Waals surface area contributed by atoms with Crippen molar-refractivity contribution in [3.8, 4) is 0 Å². The van der Waals surface area contributed by atoms with Crippen LogP contribution in [0.25, 0.3) is 0 Å². The van der Waals surface area contributed by atoms with Gasteiger partial charge in [-0.25, -0.2) is 0 Å². The number of nitrogens with zero attached hydrogens (tertiary/aromatic N) is 1. The lowest BCUT2D eigenvalue weighted by molar-refractivity contribution is 0.190. The zero-order valence-corrected chi connectivity index (χ0v) is 12.1. The minimum Gasteiger partial charge on any atom is -0.395 e. The van der Waals surface area contributed by atoms with Crippen molar-refractivity contribution in [3.05, 3.63) is 34.3 Å². The summed E-state index contributed by atoms with van der Waals surface area (Å²) in [7, 11) is 0. The van der Waals surface area contributed by atoms with Crippen LogP contribution in [0.15, 0.2) is 18.2 Å². The van der Waals surface area contributed by atoms with Crippen LogP contribution in [0.3, 0.4) is 0 Å². The highest BCUT2D eigenvalue weighted by Crippen LogP contribution is 2.19. The fourth-order valence-corrected chi connectivity index (χ4v) is 2.16. The maximum Gasteiger partial charge on any atom is 0.104 e. The van der Waals surface area contributed by atoms with Gasteiger partial charge in [0.2, 0.25) is 0 Å². The molecule has 0 aliphatic rings. The lowest BCUT2D eigenvalue weighted by Crippen LogP contribution is -2.27. The van der Waals surface area contributed by atoms with Gasteiger partial charge in [0.1, 0.15) is 4.99 Å². The summed E-state index contributed by atoms with van der Waals surface area (Å²) in [4.78, 5) is 2.52. The molecule has 1 rings (SSSR count). The van der Waals surface area contributed by atoms with Gasteiger partial charge >= 0.3 is 0 Å². The Morgan fingerprint density at radius 2 is 2.17 bits per heavy atom. The molecule has 1 aromatic carbocycles. The maximum atomic E-state index is 9.02. The summed E-state index contributed by atoms with van der Waals surface area (Å²) in [5.41, 5.74) is 7.37. The molecule has 0 aliphatic carbocycles. The first-order chi connectivity index (χ1) is 8.58. The van der Waals surface area contributed by atoms with Crippen molar-refractivity contribution >= 4 is 28.8 Å². The molecule has 1 aromatic rings. The number of hydrogen-bond acceptors (Lipinski definition) is 3. The highest BCUT2D eigenvalue weighted by atomic mass is 35.5. The Kier molecular flexibility index (Phi) is 6.57. The van der Waals surface area contributed by atoms with Gasteiger partial charge in [-0.3, -0.25) is 4.90 Å². The van der Waals surface area contributed by atoms with Crippen molar-refractivity contribution in [2.45, 2.75) is 19.9 Å². The summed E-state index contributed by atoms with van der Waals surface area (Å²) in [6.07, 6.45) is 1.04. The molecule has 0 aliphatic heterocycles. The Morgan fingerprint density at radius 3 is 2.67 bits per heavy atom. The van der Waals surface area contributed by atoms with Crippen LogP contribution in [0.5, 0.6) is 0 Å². The van der Waals surface area contributed by atoms with Gasteiger partial charge in [0, 0.05) is 23.7 Å². The highest BCUT2D eigenvalue weighted by molar-refractivity contribution is 7.80. The summed E-state index contributed by atoms with van der Waals surface area (Å²) in [6, 6.07) is 5.62. The van der Waals surface area contributed by atoms with E-state index in [1.807, 2.05) is 12.1 Å². The third-order valence-electron chi connectivity index (χ3n) is 2.69. The molecule has 0 bridgehead atoms. The summed E-state index contributed by atoms with van der Waals surface area (Å²) in [6.45, 7) is 4.59. The average molecular weight is 287 g/mol. The normalized spacial score (nSPS) is 10.9. The first-order valence-corrected chi connectivity index (χ1v) is 6.78. The van der Waals surface area contributed by atoms with Crippen LogP contribution in [-0.4, -0.2) is 34.7 Å². The molecule has 0 fully saturated rings. The molecule has 3 nitrogen and oxygen atoms in total. The SMILES string of the molecule is CCCN(CCO)Cc1ccc(C(N)=S)cc1Cl. The number of rotatable bonds is 7. The van der Waals surface area contributed by atoms with Crippen LogP contribution >= 0.6 is 23.8 Å². The number of nitrogens with two attached hydrogens (primary N) is 1. The lowest BCUT2D eigenvalue weighted by Gasteiger charge is -2.21. The third kappa shape index (κ3) is 4.53. The molecular weight excluding hydrogens is 268 g/mol. The summed E-state index contributed by atoms with van der Waals surface area (Å²) in [5, 5.41) is 9.69. The van der Waals surface area contributed by atoms with Gasteiger partial charge in [-0.2, -0.15) is 0 Å². The lowest BCUT2D eigenvalue weighted by atomic mass is 10.1. The zero-order valence-electron chi connectivity index (χ0n) is 10.5. The second-order valence-electron chi connectivity index (χ2n) is 4.17. The monoisotopic (exact) mass is 286 g/mol. The minimum absolute atomic E-state index is 0.155. The Balaban J connectivity index is 2.79. The molecule has 0 aromatic heterocycles. The third-order valence-corrected chi connectivity index (χ3v) is 3.28. The fourth-order valence-electron chi connectivity index (χ4n) is 1.80. The second kappa shape index (κ2) is 7.69. The van der Waals surface area contributed by atoms with E-state index in [1.54, 1.807) is 6.07 Å². The standard InChI is InChI=1S/C13H19ClN2OS/c1-2-5-16(6-7-17)9-11-4-3-10(13(15)18)8-12(11)14/h3-4,8,17H,2,5-7,9H2,1H3,(H2,15,18). The van der Waals surface area contributed by atoms with Crippen molar-refractivity contribution in [1.29, 1.82) is 0 Å². The molecule has 0 radical (unpaired) electrons. The number of benzene rings is 1. The van der Waals surface area contributed by atoms with Gasteiger partial charge in [-0.05, 0) is 24.6 Å². The molecule has 0 amide bonds. The molecule has 0 saturated heterocycles. The molecular formula is C13H19ClN2OS. The van der Waals surface area contributed by atoms with E-state index >= 15 is 0 Å².